The molecule has 0 atom stereocenters. The van der Waals surface area contributed by atoms with Gasteiger partial charge in [0.15, 0.2) is 0 Å². The predicted molar refractivity (Wildman–Crippen MR) is 96.1 cm³/mol. The quantitative estimate of drug-likeness (QED) is 0.601. The highest BCUT2D eigenvalue weighted by Gasteiger charge is 2.02. The van der Waals surface area contributed by atoms with E-state index in [4.69, 9.17) is 4.74 Å². The van der Waals surface area contributed by atoms with Crippen LogP contribution < -0.4 is 15.5 Å². The molecule has 0 aliphatic rings. The van der Waals surface area contributed by atoms with E-state index < -0.39 is 0 Å². The Morgan fingerprint density at radius 2 is 2.00 bits per heavy atom. The second-order valence-corrected chi connectivity index (χ2v) is 5.81. The van der Waals surface area contributed by atoms with Gasteiger partial charge >= 0.3 is 0 Å². The molecule has 2 N–H and O–H groups in total. The largest absolute Gasteiger partial charge is 0.496 e. The summed E-state index contributed by atoms with van der Waals surface area (Å²) >= 11 is 3.39. The third-order valence-corrected chi connectivity index (χ3v) is 3.58. The summed E-state index contributed by atoms with van der Waals surface area (Å²) < 4.78 is 6.15. The number of rotatable bonds is 6. The Morgan fingerprint density at radius 1 is 1.26 bits per heavy atom. The zero-order valence-corrected chi connectivity index (χ0v) is 14.6. The Morgan fingerprint density at radius 3 is 2.70 bits per heavy atom. The van der Waals surface area contributed by atoms with Crippen molar-refractivity contribution in [2.45, 2.75) is 6.92 Å². The number of nitrogens with one attached hydrogen (secondary N) is 2. The molecule has 0 spiro atoms. The molecule has 120 valence electrons. The maximum Gasteiger partial charge on any atom is 0.259 e. The number of hydrazone groups is 1. The van der Waals surface area contributed by atoms with Crippen molar-refractivity contribution in [1.29, 1.82) is 0 Å². The SMILES string of the molecule is COc1ccc(Br)cc1/C=N\NC(=O)CNc1ccc(C)cc1. The van der Waals surface area contributed by atoms with Crippen molar-refractivity contribution in [1.82, 2.24) is 5.43 Å². The van der Waals surface area contributed by atoms with Gasteiger partial charge in [-0.15, -0.1) is 0 Å². The van der Waals surface area contributed by atoms with Gasteiger partial charge in [-0.3, -0.25) is 4.79 Å². The molecule has 0 saturated carbocycles. The van der Waals surface area contributed by atoms with Crippen LogP contribution in [0.15, 0.2) is 52.0 Å². The van der Waals surface area contributed by atoms with Crippen LogP contribution in [0.1, 0.15) is 11.1 Å². The maximum atomic E-state index is 11.8. The smallest absolute Gasteiger partial charge is 0.259 e. The molecule has 2 rings (SSSR count). The highest BCUT2D eigenvalue weighted by atomic mass is 79.9. The molecule has 0 aliphatic heterocycles. The average Bonchev–Trinajstić information content (AvgIpc) is 2.54. The Kier molecular flexibility index (Phi) is 6.17. The molecule has 0 fully saturated rings. The number of benzene rings is 2. The van der Waals surface area contributed by atoms with E-state index in [1.165, 1.54) is 5.56 Å². The monoisotopic (exact) mass is 375 g/mol. The number of methoxy groups -OCH3 is 1. The molecule has 0 heterocycles. The number of halogens is 1. The van der Waals surface area contributed by atoms with Crippen LogP contribution in [0.4, 0.5) is 5.69 Å². The number of amides is 1. The van der Waals surface area contributed by atoms with Gasteiger partial charge in [0.05, 0.1) is 19.9 Å². The molecular weight excluding hydrogens is 358 g/mol. The lowest BCUT2D eigenvalue weighted by molar-refractivity contribution is -0.119. The van der Waals surface area contributed by atoms with E-state index in [1.807, 2.05) is 49.4 Å². The van der Waals surface area contributed by atoms with Crippen LogP contribution in [0, 0.1) is 6.92 Å². The molecule has 0 saturated heterocycles. The number of ether oxygens (including phenoxy) is 1. The standard InChI is InChI=1S/C17H18BrN3O2/c1-12-3-6-15(7-4-12)19-11-17(22)21-20-10-13-9-14(18)5-8-16(13)23-2/h3-10,19H,11H2,1-2H3,(H,21,22)/b20-10-. The Hall–Kier alpha value is -2.34. The summed E-state index contributed by atoms with van der Waals surface area (Å²) in [5.74, 6) is 0.458. The van der Waals surface area contributed by atoms with Gasteiger partial charge in [0, 0.05) is 15.7 Å². The number of hydrogen-bond acceptors (Lipinski definition) is 4. The van der Waals surface area contributed by atoms with Crippen molar-refractivity contribution in [2.75, 3.05) is 19.0 Å². The zero-order chi connectivity index (χ0) is 16.7. The lowest BCUT2D eigenvalue weighted by Gasteiger charge is -2.06. The summed E-state index contributed by atoms with van der Waals surface area (Å²) in [5, 5.41) is 6.99. The molecule has 23 heavy (non-hydrogen) atoms. The van der Waals surface area contributed by atoms with Crippen LogP contribution in [-0.2, 0) is 4.79 Å². The summed E-state index contributed by atoms with van der Waals surface area (Å²) in [4.78, 5) is 11.8. The van der Waals surface area contributed by atoms with E-state index in [1.54, 1.807) is 13.3 Å². The number of anilines is 1. The van der Waals surface area contributed by atoms with Gasteiger partial charge in [-0.1, -0.05) is 33.6 Å². The summed E-state index contributed by atoms with van der Waals surface area (Å²) in [6, 6.07) is 13.4. The van der Waals surface area contributed by atoms with Gasteiger partial charge < -0.3 is 10.1 Å². The van der Waals surface area contributed by atoms with Crippen LogP contribution in [0.2, 0.25) is 0 Å². The predicted octanol–water partition coefficient (Wildman–Crippen LogP) is 3.33. The Bertz CT molecular complexity index is 699. The van der Waals surface area contributed by atoms with Crippen molar-refractivity contribution in [3.63, 3.8) is 0 Å². The minimum absolute atomic E-state index is 0.149. The number of hydrogen-bond donors (Lipinski definition) is 2. The number of carbonyl (C=O) groups is 1. The van der Waals surface area contributed by atoms with Gasteiger partial charge in [-0.05, 0) is 37.3 Å². The first-order valence-corrected chi connectivity index (χ1v) is 7.84. The van der Waals surface area contributed by atoms with E-state index >= 15 is 0 Å². The molecule has 5 nitrogen and oxygen atoms in total. The molecule has 0 aliphatic carbocycles. The van der Waals surface area contributed by atoms with Gasteiger partial charge in [0.1, 0.15) is 5.75 Å². The molecule has 0 bridgehead atoms. The summed E-state index contributed by atoms with van der Waals surface area (Å²) in [6.07, 6.45) is 1.55. The molecular formula is C17H18BrN3O2. The van der Waals surface area contributed by atoms with Crippen molar-refractivity contribution in [3.05, 3.63) is 58.1 Å². The topological polar surface area (TPSA) is 62.7 Å². The second-order valence-electron chi connectivity index (χ2n) is 4.90. The molecule has 6 heteroatoms. The first-order chi connectivity index (χ1) is 11.1. The highest BCUT2D eigenvalue weighted by Crippen LogP contribution is 2.21. The zero-order valence-electron chi connectivity index (χ0n) is 13.0. The third kappa shape index (κ3) is 5.41. The number of carbonyl (C=O) groups excluding carboxylic acids is 1. The fourth-order valence-corrected chi connectivity index (χ4v) is 2.25. The van der Waals surface area contributed by atoms with Gasteiger partial charge in [-0.2, -0.15) is 5.10 Å². The van der Waals surface area contributed by atoms with E-state index in [2.05, 4.69) is 31.8 Å². The molecule has 2 aromatic carbocycles. The molecule has 0 unspecified atom stereocenters. The fraction of sp³-hybridized carbons (Fsp3) is 0.176. The van der Waals surface area contributed by atoms with Crippen LogP contribution in [0.5, 0.6) is 5.75 Å². The minimum Gasteiger partial charge on any atom is -0.496 e. The number of nitrogens with zero attached hydrogens (tertiary/aromatic N) is 1. The maximum absolute atomic E-state index is 11.8. The minimum atomic E-state index is -0.226. The van der Waals surface area contributed by atoms with Crippen LogP contribution in [-0.4, -0.2) is 25.8 Å². The molecule has 0 aromatic heterocycles. The average molecular weight is 376 g/mol. The molecule has 2 aromatic rings. The van der Waals surface area contributed by atoms with E-state index in [0.717, 1.165) is 15.7 Å². The van der Waals surface area contributed by atoms with E-state index in [0.29, 0.717) is 5.75 Å². The van der Waals surface area contributed by atoms with Gasteiger partial charge in [0.2, 0.25) is 0 Å². The summed E-state index contributed by atoms with van der Waals surface area (Å²) in [6.45, 7) is 2.16. The highest BCUT2D eigenvalue weighted by molar-refractivity contribution is 9.10. The van der Waals surface area contributed by atoms with E-state index in [9.17, 15) is 4.79 Å². The first-order valence-electron chi connectivity index (χ1n) is 7.04. The fourth-order valence-electron chi connectivity index (χ4n) is 1.87. The van der Waals surface area contributed by atoms with Gasteiger partial charge in [0.25, 0.3) is 5.91 Å². The third-order valence-electron chi connectivity index (χ3n) is 3.09. The van der Waals surface area contributed by atoms with Crippen LogP contribution in [0.25, 0.3) is 0 Å². The first kappa shape index (κ1) is 17.0. The number of aryl methyl sites for hydroxylation is 1. The van der Waals surface area contributed by atoms with Gasteiger partial charge in [-0.25, -0.2) is 5.43 Å². The van der Waals surface area contributed by atoms with E-state index in [-0.39, 0.29) is 12.5 Å². The van der Waals surface area contributed by atoms with Crippen LogP contribution >= 0.6 is 15.9 Å². The lowest BCUT2D eigenvalue weighted by atomic mass is 10.2. The summed E-state index contributed by atoms with van der Waals surface area (Å²) in [5.41, 5.74) is 5.32. The molecule has 0 radical (unpaired) electrons. The Labute approximate surface area is 143 Å². The molecule has 1 amide bonds. The second kappa shape index (κ2) is 8.33. The van der Waals surface area contributed by atoms with Crippen molar-refractivity contribution in [2.24, 2.45) is 5.10 Å². The van der Waals surface area contributed by atoms with Crippen molar-refractivity contribution in [3.8, 4) is 5.75 Å². The summed E-state index contributed by atoms with van der Waals surface area (Å²) in [7, 11) is 1.59. The Balaban J connectivity index is 1.86. The lowest BCUT2D eigenvalue weighted by Crippen LogP contribution is -2.25. The normalized spacial score (nSPS) is 10.6. The van der Waals surface area contributed by atoms with Crippen LogP contribution in [0.3, 0.4) is 0 Å². The van der Waals surface area contributed by atoms with Crippen molar-refractivity contribution < 1.29 is 9.53 Å². The van der Waals surface area contributed by atoms with Crippen molar-refractivity contribution >= 4 is 33.7 Å².